The number of hydrogen-bond donors (Lipinski definition) is 1. The molecule has 6 heteroatoms. The van der Waals surface area contributed by atoms with Crippen LogP contribution in [0, 0.1) is 5.92 Å². The molecule has 0 aromatic heterocycles. The molecule has 1 aliphatic rings. The van der Waals surface area contributed by atoms with Gasteiger partial charge in [-0.15, -0.1) is 0 Å². The number of aliphatic carboxylic acids is 1. The molecule has 0 saturated carbocycles. The third-order valence-electron chi connectivity index (χ3n) is 3.48. The lowest BCUT2D eigenvalue weighted by Gasteiger charge is -2.34. The van der Waals surface area contributed by atoms with Gasteiger partial charge in [-0.2, -0.15) is 13.2 Å². The van der Waals surface area contributed by atoms with Gasteiger partial charge in [0.1, 0.15) is 0 Å². The monoisotopic (exact) mass is 287 g/mol. The van der Waals surface area contributed by atoms with Crippen LogP contribution in [0.25, 0.3) is 0 Å². The maximum atomic E-state index is 12.2. The van der Waals surface area contributed by atoms with Crippen LogP contribution in [0.1, 0.15) is 18.4 Å². The standard InChI is InChI=1S/C14H16F3NO2/c15-14(16,17)6-3-7-18-9-11(13(19)20)8-10-4-1-2-5-12(10)18/h1-2,4-5,11H,3,6-9H2,(H,19,20). The summed E-state index contributed by atoms with van der Waals surface area (Å²) in [6, 6.07) is 7.30. The zero-order valence-electron chi connectivity index (χ0n) is 10.9. The Bertz CT molecular complexity index is 488. The van der Waals surface area contributed by atoms with Gasteiger partial charge in [0.15, 0.2) is 0 Å². The van der Waals surface area contributed by atoms with Crippen molar-refractivity contribution in [2.45, 2.75) is 25.4 Å². The van der Waals surface area contributed by atoms with Crippen LogP contribution in [0.2, 0.25) is 0 Å². The van der Waals surface area contributed by atoms with Crippen molar-refractivity contribution in [1.82, 2.24) is 0 Å². The number of nitrogens with zero attached hydrogens (tertiary/aromatic N) is 1. The molecule has 1 unspecified atom stereocenters. The van der Waals surface area contributed by atoms with Gasteiger partial charge in [-0.1, -0.05) is 18.2 Å². The molecule has 1 atom stereocenters. The molecule has 0 saturated heterocycles. The van der Waals surface area contributed by atoms with Crippen LogP contribution in [0.5, 0.6) is 0 Å². The van der Waals surface area contributed by atoms with Crippen LogP contribution < -0.4 is 4.90 Å². The predicted molar refractivity (Wildman–Crippen MR) is 68.8 cm³/mol. The first-order chi connectivity index (χ1) is 9.37. The van der Waals surface area contributed by atoms with E-state index >= 15 is 0 Å². The first-order valence-corrected chi connectivity index (χ1v) is 6.49. The van der Waals surface area contributed by atoms with E-state index in [-0.39, 0.29) is 19.5 Å². The first kappa shape index (κ1) is 14.7. The van der Waals surface area contributed by atoms with Gasteiger partial charge in [-0.3, -0.25) is 4.79 Å². The quantitative estimate of drug-likeness (QED) is 0.925. The van der Waals surface area contributed by atoms with Crippen molar-refractivity contribution in [3.8, 4) is 0 Å². The highest BCUT2D eigenvalue weighted by molar-refractivity contribution is 5.73. The van der Waals surface area contributed by atoms with Gasteiger partial charge in [0.2, 0.25) is 0 Å². The number of carboxylic acid groups (broad SMARTS) is 1. The topological polar surface area (TPSA) is 40.5 Å². The zero-order chi connectivity index (χ0) is 14.8. The minimum absolute atomic E-state index is 0.0236. The lowest BCUT2D eigenvalue weighted by atomic mass is 9.92. The van der Waals surface area contributed by atoms with Crippen LogP contribution in [0.4, 0.5) is 18.9 Å². The molecule has 110 valence electrons. The molecule has 0 bridgehead atoms. The fourth-order valence-electron chi connectivity index (χ4n) is 2.53. The number of benzene rings is 1. The van der Waals surface area contributed by atoms with E-state index in [9.17, 15) is 18.0 Å². The molecule has 0 radical (unpaired) electrons. The van der Waals surface area contributed by atoms with E-state index in [1.165, 1.54) is 0 Å². The molecule has 2 rings (SSSR count). The summed E-state index contributed by atoms with van der Waals surface area (Å²) in [7, 11) is 0. The second kappa shape index (κ2) is 5.73. The van der Waals surface area contributed by atoms with Crippen molar-refractivity contribution in [2.24, 2.45) is 5.92 Å². The van der Waals surface area contributed by atoms with E-state index in [4.69, 9.17) is 5.11 Å². The minimum Gasteiger partial charge on any atom is -0.481 e. The summed E-state index contributed by atoms with van der Waals surface area (Å²) in [4.78, 5) is 12.9. The van der Waals surface area contributed by atoms with E-state index in [1.54, 1.807) is 4.90 Å². The molecule has 1 N–H and O–H groups in total. The highest BCUT2D eigenvalue weighted by Crippen LogP contribution is 2.30. The number of fused-ring (bicyclic) bond motifs is 1. The fraction of sp³-hybridized carbons (Fsp3) is 0.500. The number of hydrogen-bond acceptors (Lipinski definition) is 2. The van der Waals surface area contributed by atoms with Crippen LogP contribution in [0.15, 0.2) is 24.3 Å². The normalized spacial score (nSPS) is 18.8. The molecule has 1 aromatic carbocycles. The van der Waals surface area contributed by atoms with Crippen LogP contribution >= 0.6 is 0 Å². The molecule has 1 heterocycles. The van der Waals surface area contributed by atoms with E-state index in [2.05, 4.69) is 0 Å². The Labute approximate surface area is 115 Å². The molecule has 0 aliphatic carbocycles. The summed E-state index contributed by atoms with van der Waals surface area (Å²) in [6.07, 6.45) is -4.60. The van der Waals surface area contributed by atoms with Crippen molar-refractivity contribution in [1.29, 1.82) is 0 Å². The average Bonchev–Trinajstić information content (AvgIpc) is 2.36. The van der Waals surface area contributed by atoms with Crippen LogP contribution in [-0.4, -0.2) is 30.3 Å². The van der Waals surface area contributed by atoms with Gasteiger partial charge < -0.3 is 10.0 Å². The van der Waals surface area contributed by atoms with E-state index in [1.807, 2.05) is 24.3 Å². The summed E-state index contributed by atoms with van der Waals surface area (Å²) in [5.74, 6) is -1.46. The summed E-state index contributed by atoms with van der Waals surface area (Å²) in [5.41, 5.74) is 1.74. The molecule has 0 amide bonds. The fourth-order valence-corrected chi connectivity index (χ4v) is 2.53. The summed E-state index contributed by atoms with van der Waals surface area (Å²) in [6.45, 7) is 0.491. The van der Waals surface area contributed by atoms with Gasteiger partial charge in [0.25, 0.3) is 0 Å². The SMILES string of the molecule is O=C(O)C1Cc2ccccc2N(CCCC(F)(F)F)C1. The molecule has 1 aromatic rings. The third-order valence-corrected chi connectivity index (χ3v) is 3.48. The second-order valence-electron chi connectivity index (χ2n) is 5.03. The lowest BCUT2D eigenvalue weighted by molar-refractivity contribution is -0.141. The highest BCUT2D eigenvalue weighted by Gasteiger charge is 2.30. The largest absolute Gasteiger partial charge is 0.481 e. The number of carbonyl (C=O) groups is 1. The third kappa shape index (κ3) is 3.65. The summed E-state index contributed by atoms with van der Waals surface area (Å²) < 4.78 is 36.6. The minimum atomic E-state index is -4.17. The number of alkyl halides is 3. The van der Waals surface area contributed by atoms with Crippen molar-refractivity contribution in [3.63, 3.8) is 0 Å². The number of halogens is 3. The molecular formula is C14H16F3NO2. The number of para-hydroxylation sites is 1. The van der Waals surface area contributed by atoms with Gasteiger partial charge in [0, 0.05) is 25.2 Å². The van der Waals surface area contributed by atoms with Crippen LogP contribution in [0.3, 0.4) is 0 Å². The first-order valence-electron chi connectivity index (χ1n) is 6.49. The Kier molecular flexibility index (Phi) is 4.20. The molecule has 0 spiro atoms. The molecule has 0 fully saturated rings. The predicted octanol–water partition coefficient (Wildman–Crippen LogP) is 3.09. The van der Waals surface area contributed by atoms with Gasteiger partial charge in [-0.05, 0) is 24.5 Å². The highest BCUT2D eigenvalue weighted by atomic mass is 19.4. The van der Waals surface area contributed by atoms with Gasteiger partial charge in [-0.25, -0.2) is 0 Å². The van der Waals surface area contributed by atoms with Crippen molar-refractivity contribution < 1.29 is 23.1 Å². The Balaban J connectivity index is 2.08. The molecule has 1 aliphatic heterocycles. The molecular weight excluding hydrogens is 271 g/mol. The second-order valence-corrected chi connectivity index (χ2v) is 5.03. The van der Waals surface area contributed by atoms with Crippen molar-refractivity contribution in [2.75, 3.05) is 18.0 Å². The van der Waals surface area contributed by atoms with Gasteiger partial charge in [0.05, 0.1) is 5.92 Å². The summed E-state index contributed by atoms with van der Waals surface area (Å²) in [5, 5.41) is 9.13. The number of rotatable bonds is 4. The Morgan fingerprint density at radius 3 is 2.70 bits per heavy atom. The van der Waals surface area contributed by atoms with Crippen molar-refractivity contribution >= 4 is 11.7 Å². The van der Waals surface area contributed by atoms with Crippen molar-refractivity contribution in [3.05, 3.63) is 29.8 Å². The number of anilines is 1. The van der Waals surface area contributed by atoms with E-state index in [0.29, 0.717) is 6.42 Å². The summed E-state index contributed by atoms with van der Waals surface area (Å²) >= 11 is 0. The van der Waals surface area contributed by atoms with Gasteiger partial charge >= 0.3 is 12.1 Å². The van der Waals surface area contributed by atoms with E-state index in [0.717, 1.165) is 11.3 Å². The van der Waals surface area contributed by atoms with E-state index < -0.39 is 24.5 Å². The molecule has 3 nitrogen and oxygen atoms in total. The Morgan fingerprint density at radius 2 is 2.05 bits per heavy atom. The smallest absolute Gasteiger partial charge is 0.389 e. The average molecular weight is 287 g/mol. The maximum absolute atomic E-state index is 12.2. The van der Waals surface area contributed by atoms with Crippen LogP contribution in [-0.2, 0) is 11.2 Å². The Hall–Kier alpha value is -1.72. The number of carboxylic acids is 1. The Morgan fingerprint density at radius 1 is 1.35 bits per heavy atom. The lowest BCUT2D eigenvalue weighted by Crippen LogP contribution is -2.39. The molecule has 20 heavy (non-hydrogen) atoms. The zero-order valence-corrected chi connectivity index (χ0v) is 10.9. The maximum Gasteiger partial charge on any atom is 0.389 e.